The van der Waals surface area contributed by atoms with Gasteiger partial charge >= 0.3 is 6.18 Å². The number of alkyl halides is 3. The van der Waals surface area contributed by atoms with Crippen LogP contribution >= 0.6 is 0 Å². The molecule has 0 amide bonds. The molecule has 0 aromatic carbocycles. The van der Waals surface area contributed by atoms with Gasteiger partial charge in [-0.25, -0.2) is 0 Å². The van der Waals surface area contributed by atoms with E-state index >= 15 is 0 Å². The summed E-state index contributed by atoms with van der Waals surface area (Å²) in [6.45, 7) is 4.69. The SMILES string of the molecule is Cc1cc(C(F)(F)F)c(N2CC3CN(C)CC3C2)nn1. The fourth-order valence-electron chi connectivity index (χ4n) is 3.33. The molecule has 3 rings (SSSR count). The maximum Gasteiger partial charge on any atom is 0.420 e. The number of rotatable bonds is 1. The van der Waals surface area contributed by atoms with Gasteiger partial charge in [-0.2, -0.15) is 18.3 Å². The maximum atomic E-state index is 13.1. The van der Waals surface area contributed by atoms with Crippen LogP contribution in [-0.4, -0.2) is 48.3 Å². The first-order chi connectivity index (χ1) is 9.34. The van der Waals surface area contributed by atoms with Crippen LogP contribution in [0, 0.1) is 18.8 Å². The van der Waals surface area contributed by atoms with Crippen molar-refractivity contribution in [1.29, 1.82) is 0 Å². The Balaban J connectivity index is 1.89. The number of nitrogens with zero attached hydrogens (tertiary/aromatic N) is 4. The van der Waals surface area contributed by atoms with E-state index in [1.807, 2.05) is 0 Å². The van der Waals surface area contributed by atoms with Crippen LogP contribution in [0.25, 0.3) is 0 Å². The van der Waals surface area contributed by atoms with Crippen molar-refractivity contribution in [1.82, 2.24) is 15.1 Å². The summed E-state index contributed by atoms with van der Waals surface area (Å²) in [6, 6.07) is 1.09. The summed E-state index contributed by atoms with van der Waals surface area (Å²) in [5, 5.41) is 7.62. The van der Waals surface area contributed by atoms with Crippen LogP contribution in [0.5, 0.6) is 0 Å². The number of halogens is 3. The molecule has 1 aromatic rings. The predicted molar refractivity (Wildman–Crippen MR) is 68.5 cm³/mol. The summed E-state index contributed by atoms with van der Waals surface area (Å²) in [5.74, 6) is 0.855. The largest absolute Gasteiger partial charge is 0.420 e. The molecule has 20 heavy (non-hydrogen) atoms. The molecule has 2 unspecified atom stereocenters. The van der Waals surface area contributed by atoms with Crippen molar-refractivity contribution in [3.05, 3.63) is 17.3 Å². The monoisotopic (exact) mass is 286 g/mol. The number of likely N-dealkylation sites (tertiary alicyclic amines) is 1. The van der Waals surface area contributed by atoms with Gasteiger partial charge in [-0.3, -0.25) is 0 Å². The first-order valence-corrected chi connectivity index (χ1v) is 6.69. The Labute approximate surface area is 115 Å². The average Bonchev–Trinajstić information content (AvgIpc) is 2.84. The lowest BCUT2D eigenvalue weighted by molar-refractivity contribution is -0.137. The van der Waals surface area contributed by atoms with Crippen molar-refractivity contribution in [2.24, 2.45) is 11.8 Å². The smallest absolute Gasteiger partial charge is 0.354 e. The molecular formula is C13H17F3N4. The third-order valence-electron chi connectivity index (χ3n) is 4.17. The van der Waals surface area contributed by atoms with E-state index in [-0.39, 0.29) is 5.82 Å². The van der Waals surface area contributed by atoms with Gasteiger partial charge in [-0.15, -0.1) is 5.10 Å². The van der Waals surface area contributed by atoms with Crippen LogP contribution in [-0.2, 0) is 6.18 Å². The molecule has 2 aliphatic heterocycles. The minimum atomic E-state index is -4.38. The lowest BCUT2D eigenvalue weighted by Crippen LogP contribution is -2.29. The lowest BCUT2D eigenvalue weighted by Gasteiger charge is -2.23. The van der Waals surface area contributed by atoms with Crippen molar-refractivity contribution < 1.29 is 13.2 Å². The molecule has 2 saturated heterocycles. The maximum absolute atomic E-state index is 13.1. The van der Waals surface area contributed by atoms with Crippen molar-refractivity contribution in [3.8, 4) is 0 Å². The van der Waals surface area contributed by atoms with Crippen LogP contribution in [0.1, 0.15) is 11.3 Å². The third-order valence-corrected chi connectivity index (χ3v) is 4.17. The highest BCUT2D eigenvalue weighted by atomic mass is 19.4. The van der Waals surface area contributed by atoms with E-state index < -0.39 is 11.7 Å². The van der Waals surface area contributed by atoms with Gasteiger partial charge < -0.3 is 9.80 Å². The zero-order valence-electron chi connectivity index (χ0n) is 11.5. The van der Waals surface area contributed by atoms with Crippen LogP contribution in [0.3, 0.4) is 0 Å². The molecule has 110 valence electrons. The number of anilines is 1. The highest BCUT2D eigenvalue weighted by molar-refractivity contribution is 5.49. The second-order valence-corrected chi connectivity index (χ2v) is 5.87. The van der Waals surface area contributed by atoms with Crippen molar-refractivity contribution >= 4 is 5.82 Å². The lowest BCUT2D eigenvalue weighted by atomic mass is 10.0. The van der Waals surface area contributed by atoms with Crippen LogP contribution in [0.15, 0.2) is 6.07 Å². The van der Waals surface area contributed by atoms with E-state index in [4.69, 9.17) is 0 Å². The van der Waals surface area contributed by atoms with Gasteiger partial charge in [-0.05, 0) is 31.9 Å². The molecule has 0 N–H and O–H groups in total. The van der Waals surface area contributed by atoms with E-state index in [1.165, 1.54) is 6.92 Å². The van der Waals surface area contributed by atoms with Crippen LogP contribution in [0.4, 0.5) is 19.0 Å². The Morgan fingerprint density at radius 1 is 1.10 bits per heavy atom. The van der Waals surface area contributed by atoms with Gasteiger partial charge in [0, 0.05) is 26.2 Å². The minimum absolute atomic E-state index is 0.0137. The topological polar surface area (TPSA) is 32.3 Å². The minimum Gasteiger partial charge on any atom is -0.354 e. The van der Waals surface area contributed by atoms with E-state index in [0.29, 0.717) is 30.6 Å². The molecule has 7 heteroatoms. The normalized spacial score (nSPS) is 27.1. The molecule has 0 radical (unpaired) electrons. The summed E-state index contributed by atoms with van der Waals surface area (Å²) in [5.41, 5.74) is -0.376. The van der Waals surface area contributed by atoms with E-state index in [9.17, 15) is 13.2 Å². The van der Waals surface area contributed by atoms with Gasteiger partial charge in [0.15, 0.2) is 5.82 Å². The summed E-state index contributed by atoms with van der Waals surface area (Å²) < 4.78 is 39.4. The van der Waals surface area contributed by atoms with Crippen molar-refractivity contribution in [2.45, 2.75) is 13.1 Å². The van der Waals surface area contributed by atoms with E-state index in [0.717, 1.165) is 19.2 Å². The van der Waals surface area contributed by atoms with Gasteiger partial charge in [0.05, 0.1) is 5.69 Å². The molecule has 0 saturated carbocycles. The van der Waals surface area contributed by atoms with Gasteiger partial charge in [0.1, 0.15) is 5.56 Å². The Hall–Kier alpha value is -1.37. The number of hydrogen-bond donors (Lipinski definition) is 0. The molecule has 4 nitrogen and oxygen atoms in total. The number of aromatic nitrogens is 2. The summed E-state index contributed by atoms with van der Waals surface area (Å²) in [4.78, 5) is 3.98. The molecule has 0 bridgehead atoms. The molecule has 2 atom stereocenters. The first-order valence-electron chi connectivity index (χ1n) is 6.69. The fraction of sp³-hybridized carbons (Fsp3) is 0.692. The zero-order chi connectivity index (χ0) is 14.5. The quantitative estimate of drug-likeness (QED) is 0.788. The van der Waals surface area contributed by atoms with Gasteiger partial charge in [-0.1, -0.05) is 0 Å². The van der Waals surface area contributed by atoms with E-state index in [2.05, 4.69) is 22.1 Å². The molecule has 2 aliphatic rings. The second kappa shape index (κ2) is 4.58. The highest BCUT2D eigenvalue weighted by Gasteiger charge is 2.43. The molecule has 1 aromatic heterocycles. The highest BCUT2D eigenvalue weighted by Crippen LogP contribution is 2.39. The summed E-state index contributed by atoms with van der Waals surface area (Å²) in [6.07, 6.45) is -4.38. The second-order valence-electron chi connectivity index (χ2n) is 5.87. The van der Waals surface area contributed by atoms with Crippen molar-refractivity contribution in [3.63, 3.8) is 0 Å². The first kappa shape index (κ1) is 13.6. The summed E-state index contributed by atoms with van der Waals surface area (Å²) >= 11 is 0. The predicted octanol–water partition coefficient (Wildman–Crippen LogP) is 1.80. The van der Waals surface area contributed by atoms with Crippen LogP contribution in [0.2, 0.25) is 0 Å². The number of aryl methyl sites for hydroxylation is 1. The zero-order valence-corrected chi connectivity index (χ0v) is 11.5. The Morgan fingerprint density at radius 2 is 1.70 bits per heavy atom. The Morgan fingerprint density at radius 3 is 2.25 bits per heavy atom. The Bertz CT molecular complexity index is 503. The van der Waals surface area contributed by atoms with E-state index in [1.54, 1.807) is 4.90 Å². The molecule has 3 heterocycles. The Kier molecular flexibility index (Phi) is 3.12. The molecule has 0 spiro atoms. The van der Waals surface area contributed by atoms with Crippen molar-refractivity contribution in [2.75, 3.05) is 38.1 Å². The number of fused-ring (bicyclic) bond motifs is 1. The standard InChI is InChI=1S/C13H17F3N4/c1-8-3-11(13(14,15)16)12(18-17-8)20-6-9-4-19(2)5-10(9)7-20/h3,9-10H,4-7H2,1-2H3. The molecule has 2 fully saturated rings. The van der Waals surface area contributed by atoms with Crippen LogP contribution < -0.4 is 4.90 Å². The van der Waals surface area contributed by atoms with Gasteiger partial charge in [0.25, 0.3) is 0 Å². The summed E-state index contributed by atoms with van der Waals surface area (Å²) in [7, 11) is 2.05. The third kappa shape index (κ3) is 2.34. The number of hydrogen-bond acceptors (Lipinski definition) is 4. The van der Waals surface area contributed by atoms with Gasteiger partial charge in [0.2, 0.25) is 0 Å². The molecular weight excluding hydrogens is 269 g/mol. The fourth-order valence-corrected chi connectivity index (χ4v) is 3.33. The molecule has 0 aliphatic carbocycles. The average molecular weight is 286 g/mol.